The number of aliphatic hydroxyl groups excluding tert-OH is 1. The van der Waals surface area contributed by atoms with Crippen molar-refractivity contribution in [3.63, 3.8) is 0 Å². The maximum Gasteiger partial charge on any atom is 0.303 e. The molecule has 3 atom stereocenters. The SMILES string of the molecule is CC#CCC(C)C(O)/C=C/[C@H]1CCC(=O)N1CC=CCCCC(=O)O. The van der Waals surface area contributed by atoms with E-state index >= 15 is 0 Å². The van der Waals surface area contributed by atoms with E-state index in [0.717, 1.165) is 6.42 Å². The van der Waals surface area contributed by atoms with Crippen LogP contribution in [0.1, 0.15) is 52.4 Å². The Hall–Kier alpha value is -2.06. The number of carbonyl (C=O) groups excluding carboxylic acids is 1. The fourth-order valence-corrected chi connectivity index (χ4v) is 2.69. The summed E-state index contributed by atoms with van der Waals surface area (Å²) in [6, 6.07) is 0.00952. The van der Waals surface area contributed by atoms with E-state index in [2.05, 4.69) is 11.8 Å². The zero-order valence-corrected chi connectivity index (χ0v) is 15.1. The minimum atomic E-state index is -0.786. The Morgan fingerprint density at radius 2 is 2.20 bits per heavy atom. The van der Waals surface area contributed by atoms with Crippen molar-refractivity contribution in [3.05, 3.63) is 24.3 Å². The van der Waals surface area contributed by atoms with Crippen LogP contribution < -0.4 is 0 Å². The number of rotatable bonds is 10. The highest BCUT2D eigenvalue weighted by Gasteiger charge is 2.28. The first-order valence-corrected chi connectivity index (χ1v) is 8.88. The summed E-state index contributed by atoms with van der Waals surface area (Å²) in [5.74, 6) is 5.19. The van der Waals surface area contributed by atoms with E-state index in [0.29, 0.717) is 32.2 Å². The molecule has 1 rings (SSSR count). The van der Waals surface area contributed by atoms with Crippen molar-refractivity contribution in [2.45, 2.75) is 64.5 Å². The monoisotopic (exact) mass is 347 g/mol. The molecule has 0 aliphatic carbocycles. The maximum atomic E-state index is 12.0. The van der Waals surface area contributed by atoms with Crippen molar-refractivity contribution in [1.82, 2.24) is 4.90 Å². The van der Waals surface area contributed by atoms with Gasteiger partial charge in [-0.1, -0.05) is 31.2 Å². The number of likely N-dealkylation sites (tertiary alicyclic amines) is 1. The van der Waals surface area contributed by atoms with Crippen molar-refractivity contribution in [1.29, 1.82) is 0 Å². The molecule has 1 heterocycles. The van der Waals surface area contributed by atoms with Crippen molar-refractivity contribution in [2.75, 3.05) is 6.54 Å². The van der Waals surface area contributed by atoms with Gasteiger partial charge in [-0.2, -0.15) is 0 Å². The maximum absolute atomic E-state index is 12.0. The average molecular weight is 347 g/mol. The largest absolute Gasteiger partial charge is 0.481 e. The zero-order chi connectivity index (χ0) is 18.7. The van der Waals surface area contributed by atoms with Gasteiger partial charge in [-0.25, -0.2) is 0 Å². The Morgan fingerprint density at radius 3 is 2.88 bits per heavy atom. The predicted octanol–water partition coefficient (Wildman–Crippen LogP) is 2.76. The summed E-state index contributed by atoms with van der Waals surface area (Å²) in [4.78, 5) is 24.3. The summed E-state index contributed by atoms with van der Waals surface area (Å²) in [5.41, 5.74) is 0. The summed E-state index contributed by atoms with van der Waals surface area (Å²) < 4.78 is 0. The number of allylic oxidation sites excluding steroid dienone is 1. The highest BCUT2D eigenvalue weighted by atomic mass is 16.4. The van der Waals surface area contributed by atoms with Crippen LogP contribution in [0.2, 0.25) is 0 Å². The van der Waals surface area contributed by atoms with E-state index in [1.165, 1.54) is 0 Å². The first-order chi connectivity index (χ1) is 12.0. The molecule has 1 amide bonds. The van der Waals surface area contributed by atoms with Crippen LogP contribution >= 0.6 is 0 Å². The van der Waals surface area contributed by atoms with Crippen LogP contribution in [0.5, 0.6) is 0 Å². The van der Waals surface area contributed by atoms with Crippen molar-refractivity contribution < 1.29 is 19.8 Å². The fraction of sp³-hybridized carbons (Fsp3) is 0.600. The number of aliphatic hydroxyl groups is 1. The van der Waals surface area contributed by atoms with Gasteiger partial charge in [0, 0.05) is 25.8 Å². The van der Waals surface area contributed by atoms with Crippen molar-refractivity contribution >= 4 is 11.9 Å². The molecule has 1 aliphatic heterocycles. The molecule has 5 nitrogen and oxygen atoms in total. The molecular weight excluding hydrogens is 318 g/mol. The molecule has 2 N–H and O–H groups in total. The lowest BCUT2D eigenvalue weighted by atomic mass is 10.00. The molecule has 0 spiro atoms. The summed E-state index contributed by atoms with van der Waals surface area (Å²) in [6.45, 7) is 4.26. The number of unbranched alkanes of at least 4 members (excludes halogenated alkanes) is 1. The lowest BCUT2D eigenvalue weighted by Gasteiger charge is -2.21. The normalized spacial score (nSPS) is 20.0. The molecule has 138 valence electrons. The molecule has 5 heteroatoms. The Balaban J connectivity index is 2.48. The fourth-order valence-electron chi connectivity index (χ4n) is 2.69. The number of amides is 1. The Labute approximate surface area is 150 Å². The van der Waals surface area contributed by atoms with Gasteiger partial charge in [0.1, 0.15) is 0 Å². The third-order valence-corrected chi connectivity index (χ3v) is 4.32. The third kappa shape index (κ3) is 8.04. The van der Waals surface area contributed by atoms with E-state index in [4.69, 9.17) is 5.11 Å². The Bertz CT molecular complexity index is 556. The quantitative estimate of drug-likeness (QED) is 0.362. The standard InChI is InChI=1S/C20H29NO4/c1-3-4-9-16(2)18(22)13-11-17-12-14-19(23)21(17)15-8-6-5-7-10-20(24)25/h6,8,11,13,16-18,22H,5,7,9-10,12,14-15H2,1-2H3,(H,24,25)/b8-6?,13-11+/t16?,17-,18?/m0/s1. The highest BCUT2D eigenvalue weighted by molar-refractivity contribution is 5.79. The summed E-state index contributed by atoms with van der Waals surface area (Å²) in [6.07, 6.45) is 10.4. The molecule has 0 bridgehead atoms. The van der Waals surface area contributed by atoms with Gasteiger partial charge in [0.15, 0.2) is 0 Å². The molecule has 1 fully saturated rings. The molecular formula is C20H29NO4. The second kappa shape index (κ2) is 11.5. The van der Waals surface area contributed by atoms with Gasteiger partial charge in [0.05, 0.1) is 12.1 Å². The van der Waals surface area contributed by atoms with E-state index in [9.17, 15) is 14.7 Å². The highest BCUT2D eigenvalue weighted by Crippen LogP contribution is 2.20. The third-order valence-electron chi connectivity index (χ3n) is 4.32. The molecule has 0 saturated carbocycles. The lowest BCUT2D eigenvalue weighted by molar-refractivity contribution is -0.137. The summed E-state index contributed by atoms with van der Waals surface area (Å²) in [5, 5.41) is 18.7. The van der Waals surface area contributed by atoms with Gasteiger partial charge >= 0.3 is 5.97 Å². The van der Waals surface area contributed by atoms with Crippen LogP contribution in [0.4, 0.5) is 0 Å². The minimum Gasteiger partial charge on any atom is -0.481 e. The van der Waals surface area contributed by atoms with Crippen LogP contribution in [0.3, 0.4) is 0 Å². The van der Waals surface area contributed by atoms with Gasteiger partial charge < -0.3 is 15.1 Å². The van der Waals surface area contributed by atoms with Gasteiger partial charge in [-0.3, -0.25) is 9.59 Å². The van der Waals surface area contributed by atoms with Crippen molar-refractivity contribution in [3.8, 4) is 11.8 Å². The molecule has 0 aromatic carbocycles. The molecule has 0 radical (unpaired) electrons. The van der Waals surface area contributed by atoms with Crippen LogP contribution in [-0.4, -0.2) is 45.7 Å². The number of carboxylic acid groups (broad SMARTS) is 1. The van der Waals surface area contributed by atoms with E-state index < -0.39 is 12.1 Å². The topological polar surface area (TPSA) is 77.8 Å². The van der Waals surface area contributed by atoms with Crippen LogP contribution in [0.25, 0.3) is 0 Å². The molecule has 1 aliphatic rings. The Kier molecular flexibility index (Phi) is 9.64. The van der Waals surface area contributed by atoms with Crippen LogP contribution in [-0.2, 0) is 9.59 Å². The van der Waals surface area contributed by atoms with Gasteiger partial charge in [-0.05, 0) is 32.1 Å². The van der Waals surface area contributed by atoms with Crippen LogP contribution in [0, 0.1) is 17.8 Å². The number of nitrogens with zero attached hydrogens (tertiary/aromatic N) is 1. The first-order valence-electron chi connectivity index (χ1n) is 8.88. The van der Waals surface area contributed by atoms with Crippen LogP contribution in [0.15, 0.2) is 24.3 Å². The van der Waals surface area contributed by atoms with E-state index in [-0.39, 0.29) is 24.3 Å². The van der Waals surface area contributed by atoms with E-state index in [1.807, 2.05) is 25.2 Å². The zero-order valence-electron chi connectivity index (χ0n) is 15.1. The summed E-state index contributed by atoms with van der Waals surface area (Å²) in [7, 11) is 0. The second-order valence-corrected chi connectivity index (χ2v) is 6.39. The number of hydrogen-bond donors (Lipinski definition) is 2. The smallest absolute Gasteiger partial charge is 0.303 e. The molecule has 25 heavy (non-hydrogen) atoms. The first kappa shape index (κ1) is 21.0. The average Bonchev–Trinajstić information content (AvgIpc) is 2.93. The summed E-state index contributed by atoms with van der Waals surface area (Å²) >= 11 is 0. The molecule has 2 unspecified atom stereocenters. The number of carbonyl (C=O) groups is 2. The lowest BCUT2D eigenvalue weighted by Crippen LogP contribution is -2.32. The molecule has 1 saturated heterocycles. The van der Waals surface area contributed by atoms with Gasteiger partial charge in [0.2, 0.25) is 5.91 Å². The van der Waals surface area contributed by atoms with E-state index in [1.54, 1.807) is 17.9 Å². The number of carboxylic acids is 1. The molecule has 0 aromatic heterocycles. The Morgan fingerprint density at radius 1 is 1.44 bits per heavy atom. The van der Waals surface area contributed by atoms with Crippen molar-refractivity contribution in [2.24, 2.45) is 5.92 Å². The van der Waals surface area contributed by atoms with Gasteiger partial charge in [0.25, 0.3) is 0 Å². The number of hydrogen-bond acceptors (Lipinski definition) is 3. The second-order valence-electron chi connectivity index (χ2n) is 6.39. The predicted molar refractivity (Wildman–Crippen MR) is 97.7 cm³/mol. The molecule has 0 aromatic rings. The number of aliphatic carboxylic acids is 1. The van der Waals surface area contributed by atoms with Gasteiger partial charge in [-0.15, -0.1) is 11.8 Å². The minimum absolute atomic E-state index is 0.00952.